The number of rotatable bonds is 7. The molecule has 0 saturated heterocycles. The van der Waals surface area contributed by atoms with E-state index in [1.807, 2.05) is 32.9 Å². The van der Waals surface area contributed by atoms with Crippen LogP contribution < -0.4 is 5.32 Å². The van der Waals surface area contributed by atoms with Crippen LogP contribution in [0.2, 0.25) is 0 Å². The average Bonchev–Trinajstić information content (AvgIpc) is 2.63. The van der Waals surface area contributed by atoms with Crippen LogP contribution in [0.25, 0.3) is 5.70 Å². The number of hydrogen-bond donors (Lipinski definition) is 1. The van der Waals surface area contributed by atoms with Crippen molar-refractivity contribution in [3.63, 3.8) is 0 Å². The van der Waals surface area contributed by atoms with Gasteiger partial charge in [0.1, 0.15) is 5.60 Å². The number of amides is 1. The van der Waals surface area contributed by atoms with Gasteiger partial charge in [-0.1, -0.05) is 51.0 Å². The molecule has 1 aromatic rings. The van der Waals surface area contributed by atoms with Crippen LogP contribution in [0.5, 0.6) is 0 Å². The van der Waals surface area contributed by atoms with Crippen LogP contribution in [-0.4, -0.2) is 29.2 Å². The number of nitrogens with one attached hydrogen (secondary N) is 1. The maximum atomic E-state index is 11.9. The summed E-state index contributed by atoms with van der Waals surface area (Å²) in [6.45, 7) is 13.7. The zero-order chi connectivity index (χ0) is 19.9. The molecular formula is C23H36N2O2. The first-order chi connectivity index (χ1) is 12.8. The molecule has 27 heavy (non-hydrogen) atoms. The molecule has 1 saturated carbocycles. The molecule has 1 aromatic carbocycles. The largest absolute Gasteiger partial charge is 0.444 e. The topological polar surface area (TPSA) is 41.6 Å². The normalized spacial score (nSPS) is 15.3. The zero-order valence-electron chi connectivity index (χ0n) is 17.5. The predicted octanol–water partition coefficient (Wildman–Crippen LogP) is 5.73. The second kappa shape index (κ2) is 9.82. The van der Waals surface area contributed by atoms with Gasteiger partial charge in [0, 0.05) is 24.8 Å². The Bertz CT molecular complexity index is 628. The number of alkyl carbamates (subject to hydrolysis) is 1. The number of hydrogen-bond acceptors (Lipinski definition) is 3. The summed E-state index contributed by atoms with van der Waals surface area (Å²) in [5, 5.41) is 2.83. The minimum Gasteiger partial charge on any atom is -0.444 e. The Kier molecular flexibility index (Phi) is 7.76. The summed E-state index contributed by atoms with van der Waals surface area (Å²) < 4.78 is 5.31. The number of benzene rings is 1. The quantitative estimate of drug-likeness (QED) is 0.665. The van der Waals surface area contributed by atoms with Crippen LogP contribution in [0.1, 0.15) is 77.3 Å². The van der Waals surface area contributed by atoms with Crippen LogP contribution in [0.15, 0.2) is 30.8 Å². The Labute approximate surface area is 165 Å². The molecule has 2 rings (SSSR count). The van der Waals surface area contributed by atoms with Gasteiger partial charge in [0.2, 0.25) is 0 Å². The van der Waals surface area contributed by atoms with Gasteiger partial charge in [-0.3, -0.25) is 0 Å². The lowest BCUT2D eigenvalue weighted by molar-refractivity contribution is 0.0523. The van der Waals surface area contributed by atoms with Crippen molar-refractivity contribution in [1.82, 2.24) is 10.2 Å². The van der Waals surface area contributed by atoms with Crippen molar-refractivity contribution < 1.29 is 9.53 Å². The lowest BCUT2D eigenvalue weighted by Crippen LogP contribution is -2.35. The second-order valence-corrected chi connectivity index (χ2v) is 8.49. The van der Waals surface area contributed by atoms with Crippen molar-refractivity contribution in [1.29, 1.82) is 0 Å². The third kappa shape index (κ3) is 6.93. The Morgan fingerprint density at radius 3 is 2.59 bits per heavy atom. The molecule has 150 valence electrons. The van der Waals surface area contributed by atoms with Crippen molar-refractivity contribution in [3.8, 4) is 0 Å². The summed E-state index contributed by atoms with van der Waals surface area (Å²) in [6, 6.07) is 8.92. The molecule has 1 aliphatic rings. The molecule has 4 heteroatoms. The van der Waals surface area contributed by atoms with Crippen LogP contribution >= 0.6 is 0 Å². The van der Waals surface area contributed by atoms with Gasteiger partial charge in [-0.2, -0.15) is 0 Å². The number of ether oxygens (including phenoxy) is 1. The van der Waals surface area contributed by atoms with Gasteiger partial charge < -0.3 is 15.0 Å². The predicted molar refractivity (Wildman–Crippen MR) is 112 cm³/mol. The first-order valence-corrected chi connectivity index (χ1v) is 10.3. The maximum Gasteiger partial charge on any atom is 0.407 e. The summed E-state index contributed by atoms with van der Waals surface area (Å²) in [6.07, 6.45) is 7.25. The highest BCUT2D eigenvalue weighted by atomic mass is 16.6. The van der Waals surface area contributed by atoms with Crippen molar-refractivity contribution >= 4 is 11.8 Å². The highest BCUT2D eigenvalue weighted by Gasteiger charge is 2.22. The molecular weight excluding hydrogens is 336 g/mol. The molecule has 0 unspecified atom stereocenters. The molecule has 4 nitrogen and oxygen atoms in total. The van der Waals surface area contributed by atoms with E-state index < -0.39 is 5.60 Å². The van der Waals surface area contributed by atoms with Gasteiger partial charge in [-0.15, -0.1) is 0 Å². The smallest absolute Gasteiger partial charge is 0.407 e. The van der Waals surface area contributed by atoms with E-state index in [2.05, 4.69) is 35.9 Å². The SMILES string of the molecule is C=C(c1cccc(CNC(=O)OC(C)(C)C)c1)N(CCC)C1CCCCC1. The third-order valence-electron chi connectivity index (χ3n) is 4.92. The first-order valence-electron chi connectivity index (χ1n) is 10.3. The molecule has 0 spiro atoms. The maximum absolute atomic E-state index is 11.9. The van der Waals surface area contributed by atoms with Crippen molar-refractivity contribution in [2.24, 2.45) is 0 Å². The van der Waals surface area contributed by atoms with E-state index in [9.17, 15) is 4.79 Å². The fourth-order valence-electron chi connectivity index (χ4n) is 3.69. The van der Waals surface area contributed by atoms with Crippen molar-refractivity contribution in [3.05, 3.63) is 42.0 Å². The fraction of sp³-hybridized carbons (Fsp3) is 0.609. The summed E-state index contributed by atoms with van der Waals surface area (Å²) in [4.78, 5) is 14.4. The van der Waals surface area contributed by atoms with E-state index in [0.717, 1.165) is 29.8 Å². The van der Waals surface area contributed by atoms with E-state index >= 15 is 0 Å². The summed E-state index contributed by atoms with van der Waals surface area (Å²) in [7, 11) is 0. The van der Waals surface area contributed by atoms with E-state index in [0.29, 0.717) is 12.6 Å². The lowest BCUT2D eigenvalue weighted by atomic mass is 9.93. The Morgan fingerprint density at radius 2 is 1.96 bits per heavy atom. The van der Waals surface area contributed by atoms with E-state index in [-0.39, 0.29) is 6.09 Å². The zero-order valence-corrected chi connectivity index (χ0v) is 17.5. The van der Waals surface area contributed by atoms with Gasteiger partial charge >= 0.3 is 6.09 Å². The Morgan fingerprint density at radius 1 is 1.26 bits per heavy atom. The Hall–Kier alpha value is -1.97. The molecule has 1 fully saturated rings. The van der Waals surface area contributed by atoms with E-state index in [1.165, 1.54) is 32.1 Å². The number of carbonyl (C=O) groups excluding carboxylic acids is 1. The summed E-state index contributed by atoms with van der Waals surface area (Å²) >= 11 is 0. The lowest BCUT2D eigenvalue weighted by Gasteiger charge is -2.37. The monoisotopic (exact) mass is 372 g/mol. The van der Waals surface area contributed by atoms with Crippen molar-refractivity contribution in [2.75, 3.05) is 6.54 Å². The highest BCUT2D eigenvalue weighted by molar-refractivity contribution is 5.68. The molecule has 0 aliphatic heterocycles. The van der Waals surface area contributed by atoms with Gasteiger partial charge in [0.05, 0.1) is 0 Å². The Balaban J connectivity index is 2.03. The van der Waals surface area contributed by atoms with E-state index in [4.69, 9.17) is 4.74 Å². The third-order valence-corrected chi connectivity index (χ3v) is 4.92. The molecule has 0 heterocycles. The number of carbonyl (C=O) groups is 1. The molecule has 0 radical (unpaired) electrons. The van der Waals surface area contributed by atoms with Crippen LogP contribution in [-0.2, 0) is 11.3 Å². The summed E-state index contributed by atoms with van der Waals surface area (Å²) in [5.74, 6) is 0. The average molecular weight is 373 g/mol. The summed E-state index contributed by atoms with van der Waals surface area (Å²) in [5.41, 5.74) is 2.81. The molecule has 1 aliphatic carbocycles. The fourth-order valence-corrected chi connectivity index (χ4v) is 3.69. The van der Waals surface area contributed by atoms with Gasteiger partial charge in [0.25, 0.3) is 0 Å². The standard InChI is InChI=1S/C23H36N2O2/c1-6-15-25(21-13-8-7-9-14-21)18(2)20-12-10-11-19(16-20)17-24-22(26)27-23(3,4)5/h10-12,16,21H,2,6-9,13-15,17H2,1,3-5H3,(H,24,26). The van der Waals surface area contributed by atoms with Gasteiger partial charge in [0.15, 0.2) is 0 Å². The van der Waals surface area contributed by atoms with Gasteiger partial charge in [-0.05, 0) is 57.2 Å². The molecule has 0 bridgehead atoms. The van der Waals surface area contributed by atoms with Crippen LogP contribution in [0.4, 0.5) is 4.79 Å². The number of nitrogens with zero attached hydrogens (tertiary/aromatic N) is 1. The first kappa shape index (κ1) is 21.3. The highest BCUT2D eigenvalue weighted by Crippen LogP contribution is 2.29. The molecule has 0 atom stereocenters. The second-order valence-electron chi connectivity index (χ2n) is 8.49. The molecule has 1 N–H and O–H groups in total. The van der Waals surface area contributed by atoms with Crippen molar-refractivity contribution in [2.45, 2.75) is 84.4 Å². The minimum absolute atomic E-state index is 0.387. The minimum atomic E-state index is -0.485. The van der Waals surface area contributed by atoms with Gasteiger partial charge in [-0.25, -0.2) is 4.79 Å². The van der Waals surface area contributed by atoms with Crippen LogP contribution in [0, 0.1) is 0 Å². The van der Waals surface area contributed by atoms with E-state index in [1.54, 1.807) is 0 Å². The van der Waals surface area contributed by atoms with Crippen LogP contribution in [0.3, 0.4) is 0 Å². The molecule has 1 amide bonds. The molecule has 0 aromatic heterocycles.